The maximum absolute atomic E-state index is 13.0. The number of para-hydroxylation sites is 1. The van der Waals surface area contributed by atoms with Gasteiger partial charge in [-0.1, -0.05) is 12.1 Å². The fourth-order valence-corrected chi connectivity index (χ4v) is 3.34. The minimum absolute atomic E-state index is 0.00907. The second kappa shape index (κ2) is 14.2. The zero-order valence-electron chi connectivity index (χ0n) is 19.6. The molecule has 11 nitrogen and oxygen atoms in total. The van der Waals surface area contributed by atoms with Crippen molar-refractivity contribution >= 4 is 23.6 Å². The summed E-state index contributed by atoms with van der Waals surface area (Å²) in [7, 11) is 1.56. The molecule has 5 N–H and O–H groups in total. The van der Waals surface area contributed by atoms with Crippen LogP contribution in [0.25, 0.3) is 0 Å². The van der Waals surface area contributed by atoms with E-state index in [9.17, 15) is 24.3 Å². The molecule has 1 aromatic rings. The van der Waals surface area contributed by atoms with E-state index in [0.717, 1.165) is 0 Å². The van der Waals surface area contributed by atoms with Crippen molar-refractivity contribution in [3.05, 3.63) is 29.8 Å². The van der Waals surface area contributed by atoms with Crippen molar-refractivity contribution in [1.29, 1.82) is 0 Å². The lowest BCUT2D eigenvalue weighted by molar-refractivity contribution is -0.132. The quantitative estimate of drug-likeness (QED) is 0.345. The van der Waals surface area contributed by atoms with E-state index in [2.05, 4.69) is 21.3 Å². The van der Waals surface area contributed by atoms with Crippen LogP contribution in [0.3, 0.4) is 0 Å². The van der Waals surface area contributed by atoms with Crippen molar-refractivity contribution in [2.75, 3.05) is 33.4 Å². The van der Waals surface area contributed by atoms with E-state index < -0.39 is 41.8 Å². The number of fused-ring (bicyclic) bond motifs is 1. The monoisotopic (exact) mass is 478 g/mol. The molecule has 11 heteroatoms. The summed E-state index contributed by atoms with van der Waals surface area (Å²) in [6, 6.07) is 4.50. The molecule has 34 heavy (non-hydrogen) atoms. The Morgan fingerprint density at radius 3 is 2.76 bits per heavy atom. The number of hydrogen-bond donors (Lipinski definition) is 5. The molecule has 0 spiro atoms. The lowest BCUT2D eigenvalue weighted by Crippen LogP contribution is -2.53. The lowest BCUT2D eigenvalue weighted by atomic mass is 10.1. The normalized spacial score (nSPS) is 21.2. The Kier molecular flexibility index (Phi) is 11.3. The number of amides is 4. The van der Waals surface area contributed by atoms with Gasteiger partial charge in [-0.2, -0.15) is 0 Å². The third kappa shape index (κ3) is 8.64. The number of methoxy groups -OCH3 is 1. The van der Waals surface area contributed by atoms with Crippen LogP contribution in [0.5, 0.6) is 5.75 Å². The Bertz CT molecular complexity index is 846. The molecule has 0 saturated carbocycles. The summed E-state index contributed by atoms with van der Waals surface area (Å²) in [6.07, 6.45) is -0.249. The number of ether oxygens (including phenoxy) is 2. The van der Waals surface area contributed by atoms with Crippen molar-refractivity contribution in [2.24, 2.45) is 0 Å². The number of rotatable bonds is 6. The highest BCUT2D eigenvalue weighted by atomic mass is 16.5. The number of hydrogen-bond acceptors (Lipinski definition) is 7. The van der Waals surface area contributed by atoms with Gasteiger partial charge in [0.1, 0.15) is 17.8 Å². The topological polar surface area (TPSA) is 155 Å². The molecule has 0 bridgehead atoms. The number of nitrogens with one attached hydrogen (secondary N) is 4. The number of benzene rings is 1. The van der Waals surface area contributed by atoms with Gasteiger partial charge in [0.2, 0.25) is 17.7 Å². The van der Waals surface area contributed by atoms with E-state index in [-0.39, 0.29) is 31.6 Å². The summed E-state index contributed by atoms with van der Waals surface area (Å²) in [6.45, 7) is 2.69. The van der Waals surface area contributed by atoms with Crippen LogP contribution >= 0.6 is 0 Å². The Balaban J connectivity index is 2.22. The summed E-state index contributed by atoms with van der Waals surface area (Å²) >= 11 is 0. The molecule has 1 unspecified atom stereocenters. The molecule has 0 aliphatic carbocycles. The lowest BCUT2D eigenvalue weighted by Gasteiger charge is -2.23. The van der Waals surface area contributed by atoms with E-state index in [4.69, 9.17) is 9.47 Å². The van der Waals surface area contributed by atoms with Crippen molar-refractivity contribution < 1.29 is 33.8 Å². The molecule has 1 heterocycles. The number of aliphatic hydroxyl groups is 1. The highest BCUT2D eigenvalue weighted by Gasteiger charge is 2.28. The SMILES string of the molecule is COCCCNC(=O)[C@@H]1CCC(=O)NC([C@@H](C)O)C(=O)NCCCOc2ccccc2C(=O)N1. The first-order valence-corrected chi connectivity index (χ1v) is 11.4. The van der Waals surface area contributed by atoms with Crippen molar-refractivity contribution in [3.8, 4) is 5.75 Å². The molecule has 4 amide bonds. The standard InChI is InChI=1S/C23H34N4O7/c1-15(28)20-23(32)25-12-6-14-34-18-8-4-3-7-16(18)21(30)26-17(9-10-19(29)27-20)22(31)24-11-5-13-33-2/h3-4,7-8,15,17,20,28H,5-6,9-14H2,1-2H3,(H,24,31)(H,25,32)(H,26,30)(H,27,29)/t15-,17+,20?/m1/s1. The Labute approximate surface area is 198 Å². The van der Waals surface area contributed by atoms with Crippen LogP contribution in [0.4, 0.5) is 0 Å². The van der Waals surface area contributed by atoms with Gasteiger partial charge < -0.3 is 35.8 Å². The second-order valence-electron chi connectivity index (χ2n) is 7.98. The predicted molar refractivity (Wildman–Crippen MR) is 123 cm³/mol. The Hall–Kier alpha value is -3.18. The van der Waals surface area contributed by atoms with Gasteiger partial charge in [0.25, 0.3) is 5.91 Å². The second-order valence-corrected chi connectivity index (χ2v) is 7.98. The smallest absolute Gasteiger partial charge is 0.255 e. The van der Waals surface area contributed by atoms with E-state index in [0.29, 0.717) is 31.7 Å². The molecule has 1 aliphatic rings. The third-order valence-corrected chi connectivity index (χ3v) is 5.20. The predicted octanol–water partition coefficient (Wildman–Crippen LogP) is -0.518. The van der Waals surface area contributed by atoms with E-state index in [1.165, 1.54) is 6.92 Å². The van der Waals surface area contributed by atoms with E-state index in [1.54, 1.807) is 31.4 Å². The van der Waals surface area contributed by atoms with Crippen molar-refractivity contribution in [1.82, 2.24) is 21.3 Å². The maximum Gasteiger partial charge on any atom is 0.255 e. The first-order chi connectivity index (χ1) is 16.3. The van der Waals surface area contributed by atoms with Crippen LogP contribution in [0.2, 0.25) is 0 Å². The molecule has 0 radical (unpaired) electrons. The van der Waals surface area contributed by atoms with Crippen LogP contribution in [-0.2, 0) is 19.1 Å². The average Bonchev–Trinajstić information content (AvgIpc) is 2.81. The minimum Gasteiger partial charge on any atom is -0.493 e. The maximum atomic E-state index is 13.0. The summed E-state index contributed by atoms with van der Waals surface area (Å²) < 4.78 is 10.7. The molecule has 188 valence electrons. The number of carbonyl (C=O) groups excluding carboxylic acids is 4. The van der Waals surface area contributed by atoms with Crippen molar-refractivity contribution in [3.63, 3.8) is 0 Å². The zero-order chi connectivity index (χ0) is 24.9. The van der Waals surface area contributed by atoms with Gasteiger partial charge in [-0.15, -0.1) is 0 Å². The van der Waals surface area contributed by atoms with Crippen LogP contribution in [0, 0.1) is 0 Å². The Morgan fingerprint density at radius 2 is 2.03 bits per heavy atom. The average molecular weight is 479 g/mol. The molecule has 2 rings (SSSR count). The minimum atomic E-state index is -1.14. The summed E-state index contributed by atoms with van der Waals surface area (Å²) in [4.78, 5) is 50.7. The van der Waals surface area contributed by atoms with Crippen LogP contribution in [0.1, 0.15) is 43.0 Å². The van der Waals surface area contributed by atoms with E-state index >= 15 is 0 Å². The van der Waals surface area contributed by atoms with Gasteiger partial charge in [0.05, 0.1) is 18.3 Å². The number of carbonyl (C=O) groups is 4. The van der Waals surface area contributed by atoms with Gasteiger partial charge in [-0.3, -0.25) is 19.2 Å². The summed E-state index contributed by atoms with van der Waals surface area (Å²) in [5.41, 5.74) is 0.259. The fourth-order valence-electron chi connectivity index (χ4n) is 3.34. The molecule has 3 atom stereocenters. The third-order valence-electron chi connectivity index (χ3n) is 5.20. The molecule has 1 aromatic carbocycles. The molecular weight excluding hydrogens is 444 g/mol. The molecule has 0 aromatic heterocycles. The molecule has 0 saturated heterocycles. The first kappa shape index (κ1) is 27.1. The molecular formula is C23H34N4O7. The first-order valence-electron chi connectivity index (χ1n) is 11.4. The van der Waals surface area contributed by atoms with Crippen LogP contribution in [0.15, 0.2) is 24.3 Å². The molecule has 0 fully saturated rings. The highest BCUT2D eigenvalue weighted by Crippen LogP contribution is 2.18. The number of aliphatic hydroxyl groups excluding tert-OH is 1. The van der Waals surface area contributed by atoms with Gasteiger partial charge >= 0.3 is 0 Å². The van der Waals surface area contributed by atoms with Gasteiger partial charge in [0, 0.05) is 33.2 Å². The van der Waals surface area contributed by atoms with Crippen LogP contribution in [-0.4, -0.2) is 80.3 Å². The largest absolute Gasteiger partial charge is 0.493 e. The van der Waals surface area contributed by atoms with Crippen molar-refractivity contribution in [2.45, 2.75) is 50.8 Å². The Morgan fingerprint density at radius 1 is 1.26 bits per heavy atom. The summed E-state index contributed by atoms with van der Waals surface area (Å²) in [5, 5.41) is 20.5. The zero-order valence-corrected chi connectivity index (χ0v) is 19.6. The van der Waals surface area contributed by atoms with E-state index in [1.807, 2.05) is 0 Å². The van der Waals surface area contributed by atoms with Gasteiger partial charge in [-0.25, -0.2) is 0 Å². The summed E-state index contributed by atoms with van der Waals surface area (Å²) in [5.74, 6) is -1.64. The van der Waals surface area contributed by atoms with Gasteiger partial charge in [0.15, 0.2) is 0 Å². The van der Waals surface area contributed by atoms with Gasteiger partial charge in [-0.05, 0) is 38.3 Å². The highest BCUT2D eigenvalue weighted by molar-refractivity contribution is 5.99. The van der Waals surface area contributed by atoms with Crippen LogP contribution < -0.4 is 26.0 Å². The molecule has 1 aliphatic heterocycles. The fraction of sp³-hybridized carbons (Fsp3) is 0.565.